The van der Waals surface area contributed by atoms with Crippen molar-refractivity contribution in [3.63, 3.8) is 0 Å². The van der Waals surface area contributed by atoms with Gasteiger partial charge in [-0.2, -0.15) is 0 Å². The number of nitrogens with one attached hydrogen (secondary N) is 1. The molecule has 3 atom stereocenters. The van der Waals surface area contributed by atoms with Crippen LogP contribution < -0.4 is 5.32 Å². The first-order valence-corrected chi connectivity index (χ1v) is 7.67. The second-order valence-electron chi connectivity index (χ2n) is 6.60. The van der Waals surface area contributed by atoms with Crippen LogP contribution in [0.25, 0.3) is 0 Å². The zero-order chi connectivity index (χ0) is 11.7. The van der Waals surface area contributed by atoms with Crippen LogP contribution in [0, 0.1) is 5.92 Å². The predicted molar refractivity (Wildman–Crippen MR) is 70.1 cm³/mol. The number of hydrogen-bond donors (Lipinski definition) is 1. The first-order valence-electron chi connectivity index (χ1n) is 7.67. The number of piperidine rings is 1. The Morgan fingerprint density at radius 1 is 1.06 bits per heavy atom. The summed E-state index contributed by atoms with van der Waals surface area (Å²) >= 11 is 0. The topological polar surface area (TPSA) is 21.3 Å². The maximum Gasteiger partial charge on any atom is 0.0685 e. The molecule has 17 heavy (non-hydrogen) atoms. The normalized spacial score (nSPS) is 41.8. The molecular formula is C15H27NO. The van der Waals surface area contributed by atoms with Crippen molar-refractivity contribution in [1.82, 2.24) is 5.32 Å². The summed E-state index contributed by atoms with van der Waals surface area (Å²) in [6.07, 6.45) is 12.2. The van der Waals surface area contributed by atoms with Gasteiger partial charge in [0.1, 0.15) is 0 Å². The lowest BCUT2D eigenvalue weighted by molar-refractivity contribution is -0.0996. The van der Waals surface area contributed by atoms with Crippen LogP contribution in [0.2, 0.25) is 0 Å². The molecule has 3 fully saturated rings. The van der Waals surface area contributed by atoms with Gasteiger partial charge in [0.2, 0.25) is 0 Å². The Bertz CT molecular complexity index is 260. The van der Waals surface area contributed by atoms with E-state index in [4.69, 9.17) is 4.74 Å². The molecule has 1 spiro atoms. The van der Waals surface area contributed by atoms with Crippen molar-refractivity contribution in [3.05, 3.63) is 0 Å². The summed E-state index contributed by atoms with van der Waals surface area (Å²) < 4.78 is 6.15. The Hall–Kier alpha value is -0.0800. The average molecular weight is 237 g/mol. The molecule has 2 aliphatic heterocycles. The van der Waals surface area contributed by atoms with E-state index in [1.165, 1.54) is 57.8 Å². The van der Waals surface area contributed by atoms with Gasteiger partial charge in [-0.25, -0.2) is 0 Å². The molecule has 1 aliphatic carbocycles. The van der Waals surface area contributed by atoms with Crippen molar-refractivity contribution in [3.8, 4) is 0 Å². The van der Waals surface area contributed by atoms with Crippen LogP contribution in [0.3, 0.4) is 0 Å². The van der Waals surface area contributed by atoms with Gasteiger partial charge in [0.15, 0.2) is 0 Å². The third-order valence-corrected chi connectivity index (χ3v) is 5.27. The van der Waals surface area contributed by atoms with Crippen molar-refractivity contribution < 1.29 is 4.74 Å². The number of ether oxygens (including phenoxy) is 1. The molecule has 2 saturated heterocycles. The van der Waals surface area contributed by atoms with E-state index >= 15 is 0 Å². The van der Waals surface area contributed by atoms with Gasteiger partial charge in [0.05, 0.1) is 5.60 Å². The van der Waals surface area contributed by atoms with Gasteiger partial charge >= 0.3 is 0 Å². The molecule has 3 aliphatic rings. The Labute approximate surface area is 105 Å². The van der Waals surface area contributed by atoms with Crippen molar-refractivity contribution in [2.24, 2.45) is 5.92 Å². The van der Waals surface area contributed by atoms with E-state index in [0.717, 1.165) is 24.6 Å². The van der Waals surface area contributed by atoms with E-state index in [-0.39, 0.29) is 0 Å². The molecule has 1 saturated carbocycles. The lowest BCUT2D eigenvalue weighted by atomic mass is 9.78. The molecule has 2 nitrogen and oxygen atoms in total. The van der Waals surface area contributed by atoms with E-state index in [2.05, 4.69) is 12.2 Å². The Kier molecular flexibility index (Phi) is 3.45. The molecule has 98 valence electrons. The first-order chi connectivity index (χ1) is 8.27. The summed E-state index contributed by atoms with van der Waals surface area (Å²) in [7, 11) is 0. The van der Waals surface area contributed by atoms with Gasteiger partial charge in [-0.1, -0.05) is 19.3 Å². The van der Waals surface area contributed by atoms with Gasteiger partial charge < -0.3 is 10.1 Å². The Morgan fingerprint density at radius 2 is 1.88 bits per heavy atom. The third-order valence-electron chi connectivity index (χ3n) is 5.27. The summed E-state index contributed by atoms with van der Waals surface area (Å²) in [5.74, 6) is 0.879. The van der Waals surface area contributed by atoms with Crippen LogP contribution in [-0.2, 0) is 4.74 Å². The number of hydrogen-bond acceptors (Lipinski definition) is 2. The summed E-state index contributed by atoms with van der Waals surface area (Å²) in [5.41, 5.74) is 0.297. The SMILES string of the molecule is CC1CCCC(C2CCOC3(CCCC3)C2)N1. The zero-order valence-corrected chi connectivity index (χ0v) is 11.2. The molecule has 0 bridgehead atoms. The maximum atomic E-state index is 6.15. The average Bonchev–Trinajstić information content (AvgIpc) is 2.77. The summed E-state index contributed by atoms with van der Waals surface area (Å²) in [5, 5.41) is 3.84. The minimum atomic E-state index is 0.297. The fraction of sp³-hybridized carbons (Fsp3) is 1.00. The van der Waals surface area contributed by atoms with Gasteiger partial charge in [0.25, 0.3) is 0 Å². The molecule has 0 amide bonds. The molecule has 3 unspecified atom stereocenters. The summed E-state index contributed by atoms with van der Waals surface area (Å²) in [4.78, 5) is 0. The molecule has 0 aromatic heterocycles. The van der Waals surface area contributed by atoms with E-state index < -0.39 is 0 Å². The fourth-order valence-electron chi connectivity index (χ4n) is 4.32. The molecule has 0 radical (unpaired) electrons. The van der Waals surface area contributed by atoms with Crippen LogP contribution in [0.5, 0.6) is 0 Å². The molecule has 2 heteroatoms. The van der Waals surface area contributed by atoms with Crippen LogP contribution in [0.4, 0.5) is 0 Å². The van der Waals surface area contributed by atoms with E-state index in [1.54, 1.807) is 0 Å². The highest BCUT2D eigenvalue weighted by Crippen LogP contribution is 2.43. The fourth-order valence-corrected chi connectivity index (χ4v) is 4.32. The molecule has 2 heterocycles. The standard InChI is InChI=1S/C15H27NO/c1-12-5-4-6-14(16-12)13-7-10-17-15(11-13)8-2-3-9-15/h12-14,16H,2-11H2,1H3. The van der Waals surface area contributed by atoms with Crippen LogP contribution in [0.1, 0.15) is 64.7 Å². The maximum absolute atomic E-state index is 6.15. The van der Waals surface area contributed by atoms with Crippen LogP contribution >= 0.6 is 0 Å². The van der Waals surface area contributed by atoms with E-state index in [0.29, 0.717) is 5.60 Å². The van der Waals surface area contributed by atoms with Crippen LogP contribution in [-0.4, -0.2) is 24.3 Å². The molecule has 3 rings (SSSR count). The highest BCUT2D eigenvalue weighted by molar-refractivity contribution is 4.95. The highest BCUT2D eigenvalue weighted by atomic mass is 16.5. The quantitative estimate of drug-likeness (QED) is 0.756. The third kappa shape index (κ3) is 2.53. The second kappa shape index (κ2) is 4.89. The predicted octanol–water partition coefficient (Wildman–Crippen LogP) is 3.26. The lowest BCUT2D eigenvalue weighted by Gasteiger charge is -2.43. The van der Waals surface area contributed by atoms with Crippen molar-refractivity contribution in [1.29, 1.82) is 0 Å². The van der Waals surface area contributed by atoms with Gasteiger partial charge in [-0.05, 0) is 51.4 Å². The van der Waals surface area contributed by atoms with E-state index in [1.807, 2.05) is 0 Å². The molecular weight excluding hydrogens is 210 g/mol. The smallest absolute Gasteiger partial charge is 0.0685 e. The van der Waals surface area contributed by atoms with Gasteiger partial charge in [-0.3, -0.25) is 0 Å². The minimum absolute atomic E-state index is 0.297. The van der Waals surface area contributed by atoms with Gasteiger partial charge in [-0.15, -0.1) is 0 Å². The minimum Gasteiger partial charge on any atom is -0.375 e. The van der Waals surface area contributed by atoms with Crippen molar-refractivity contribution in [2.75, 3.05) is 6.61 Å². The first kappa shape index (κ1) is 12.0. The monoisotopic (exact) mass is 237 g/mol. The van der Waals surface area contributed by atoms with Gasteiger partial charge in [0, 0.05) is 18.7 Å². The molecule has 0 aromatic rings. The van der Waals surface area contributed by atoms with Crippen molar-refractivity contribution >= 4 is 0 Å². The second-order valence-corrected chi connectivity index (χ2v) is 6.60. The van der Waals surface area contributed by atoms with Crippen molar-refractivity contribution in [2.45, 2.75) is 82.4 Å². The zero-order valence-electron chi connectivity index (χ0n) is 11.2. The summed E-state index contributed by atoms with van der Waals surface area (Å²) in [6, 6.07) is 1.51. The number of rotatable bonds is 1. The Balaban J connectivity index is 1.62. The lowest BCUT2D eigenvalue weighted by Crippen LogP contribution is -2.49. The highest BCUT2D eigenvalue weighted by Gasteiger charge is 2.42. The molecule has 1 N–H and O–H groups in total. The summed E-state index contributed by atoms with van der Waals surface area (Å²) in [6.45, 7) is 3.36. The Morgan fingerprint density at radius 3 is 2.65 bits per heavy atom. The largest absolute Gasteiger partial charge is 0.375 e. The van der Waals surface area contributed by atoms with Crippen LogP contribution in [0.15, 0.2) is 0 Å². The molecule has 0 aromatic carbocycles. The van der Waals surface area contributed by atoms with E-state index in [9.17, 15) is 0 Å².